The second kappa shape index (κ2) is 5.24. The normalized spacial score (nSPS) is 19.3. The highest BCUT2D eigenvalue weighted by molar-refractivity contribution is 9.10. The summed E-state index contributed by atoms with van der Waals surface area (Å²) in [5.74, 6) is 1.04. The van der Waals surface area contributed by atoms with E-state index in [-0.39, 0.29) is 0 Å². The molecule has 1 aliphatic rings. The van der Waals surface area contributed by atoms with Crippen molar-refractivity contribution in [2.75, 3.05) is 6.54 Å². The Morgan fingerprint density at radius 1 is 1.28 bits per heavy atom. The number of aromatic amines is 1. The van der Waals surface area contributed by atoms with E-state index in [1.807, 2.05) is 6.20 Å². The monoisotopic (exact) mass is 305 g/mol. The van der Waals surface area contributed by atoms with E-state index in [4.69, 9.17) is 0 Å². The Labute approximate surface area is 115 Å². The van der Waals surface area contributed by atoms with Crippen molar-refractivity contribution in [2.24, 2.45) is 0 Å². The summed E-state index contributed by atoms with van der Waals surface area (Å²) in [5, 5.41) is 3.48. The van der Waals surface area contributed by atoms with E-state index in [0.717, 1.165) is 23.3 Å². The molecule has 1 atom stereocenters. The van der Waals surface area contributed by atoms with Crippen LogP contribution in [0.15, 0.2) is 34.9 Å². The van der Waals surface area contributed by atoms with E-state index >= 15 is 0 Å². The number of aromatic nitrogens is 2. The van der Waals surface area contributed by atoms with Gasteiger partial charge in [-0.1, -0.05) is 28.1 Å². The van der Waals surface area contributed by atoms with Crippen LogP contribution in [0.5, 0.6) is 0 Å². The first kappa shape index (κ1) is 11.9. The maximum absolute atomic E-state index is 4.47. The number of H-pyrrole nitrogens is 1. The van der Waals surface area contributed by atoms with Gasteiger partial charge in [-0.25, -0.2) is 4.98 Å². The van der Waals surface area contributed by atoms with Crippen LogP contribution in [0.25, 0.3) is 0 Å². The number of rotatable bonds is 3. The third-order valence-electron chi connectivity index (χ3n) is 3.37. The summed E-state index contributed by atoms with van der Waals surface area (Å²) in [6.45, 7) is 1.12. The molecule has 18 heavy (non-hydrogen) atoms. The molecule has 3 rings (SSSR count). The fourth-order valence-electron chi connectivity index (χ4n) is 2.39. The van der Waals surface area contributed by atoms with Gasteiger partial charge in [-0.05, 0) is 37.1 Å². The van der Waals surface area contributed by atoms with Crippen LogP contribution in [0.3, 0.4) is 0 Å². The molecule has 2 aromatic rings. The molecule has 0 amide bonds. The van der Waals surface area contributed by atoms with E-state index in [9.17, 15) is 0 Å². The van der Waals surface area contributed by atoms with Gasteiger partial charge in [-0.15, -0.1) is 0 Å². The van der Waals surface area contributed by atoms with Gasteiger partial charge in [-0.3, -0.25) is 0 Å². The summed E-state index contributed by atoms with van der Waals surface area (Å²) in [4.78, 5) is 7.90. The topological polar surface area (TPSA) is 40.7 Å². The lowest BCUT2D eigenvalue weighted by Gasteiger charge is -2.06. The molecule has 0 radical (unpaired) electrons. The SMILES string of the molecule is Brc1ccc(Cc2ncc(C3CCCN3)[nH]2)cc1. The molecule has 0 bridgehead atoms. The maximum Gasteiger partial charge on any atom is 0.110 e. The van der Waals surface area contributed by atoms with Crippen LogP contribution < -0.4 is 5.32 Å². The standard InChI is InChI=1S/C14H16BrN3/c15-11-5-3-10(4-6-11)8-14-17-9-13(18-14)12-2-1-7-16-12/h3-6,9,12,16H,1-2,7-8H2,(H,17,18). The zero-order chi connectivity index (χ0) is 12.4. The van der Waals surface area contributed by atoms with Gasteiger partial charge < -0.3 is 10.3 Å². The summed E-state index contributed by atoms with van der Waals surface area (Å²) in [6, 6.07) is 8.85. The molecule has 94 valence electrons. The first-order valence-electron chi connectivity index (χ1n) is 6.33. The average Bonchev–Trinajstić information content (AvgIpc) is 3.02. The number of benzene rings is 1. The molecular weight excluding hydrogens is 290 g/mol. The van der Waals surface area contributed by atoms with Gasteiger partial charge >= 0.3 is 0 Å². The van der Waals surface area contributed by atoms with E-state index in [1.54, 1.807) is 0 Å². The van der Waals surface area contributed by atoms with Crippen LogP contribution in [0.4, 0.5) is 0 Å². The van der Waals surface area contributed by atoms with E-state index in [2.05, 4.69) is 55.5 Å². The van der Waals surface area contributed by atoms with Crippen molar-refractivity contribution >= 4 is 15.9 Å². The fourth-order valence-corrected chi connectivity index (χ4v) is 2.66. The molecular formula is C14H16BrN3. The minimum absolute atomic E-state index is 0.469. The van der Waals surface area contributed by atoms with Gasteiger partial charge in [0.05, 0.1) is 5.69 Å². The van der Waals surface area contributed by atoms with Crippen LogP contribution in [-0.2, 0) is 6.42 Å². The highest BCUT2D eigenvalue weighted by Gasteiger charge is 2.17. The molecule has 1 saturated heterocycles. The number of halogens is 1. The Morgan fingerprint density at radius 3 is 2.83 bits per heavy atom. The molecule has 1 aliphatic heterocycles. The quantitative estimate of drug-likeness (QED) is 0.914. The Hall–Kier alpha value is -1.13. The lowest BCUT2D eigenvalue weighted by atomic mass is 10.1. The van der Waals surface area contributed by atoms with Crippen molar-refractivity contribution in [3.05, 3.63) is 52.0 Å². The largest absolute Gasteiger partial charge is 0.344 e. The number of hydrogen-bond donors (Lipinski definition) is 2. The average molecular weight is 306 g/mol. The van der Waals surface area contributed by atoms with Crippen LogP contribution in [0.2, 0.25) is 0 Å². The molecule has 2 N–H and O–H groups in total. The second-order valence-electron chi connectivity index (χ2n) is 4.74. The lowest BCUT2D eigenvalue weighted by molar-refractivity contribution is 0.630. The van der Waals surface area contributed by atoms with Crippen molar-refractivity contribution < 1.29 is 0 Å². The van der Waals surface area contributed by atoms with E-state index < -0.39 is 0 Å². The van der Waals surface area contributed by atoms with Crippen LogP contribution >= 0.6 is 15.9 Å². The Balaban J connectivity index is 1.71. The van der Waals surface area contributed by atoms with Gasteiger partial charge in [-0.2, -0.15) is 0 Å². The molecule has 1 fully saturated rings. The third-order valence-corrected chi connectivity index (χ3v) is 3.90. The van der Waals surface area contributed by atoms with Gasteiger partial charge in [0.15, 0.2) is 0 Å². The molecule has 1 unspecified atom stereocenters. The summed E-state index contributed by atoms with van der Waals surface area (Å²) < 4.78 is 1.11. The lowest BCUT2D eigenvalue weighted by Crippen LogP contribution is -2.13. The summed E-state index contributed by atoms with van der Waals surface area (Å²) in [6.07, 6.45) is 5.29. The van der Waals surface area contributed by atoms with E-state index in [0.29, 0.717) is 6.04 Å². The van der Waals surface area contributed by atoms with Crippen molar-refractivity contribution in [1.29, 1.82) is 0 Å². The zero-order valence-electron chi connectivity index (χ0n) is 10.1. The molecule has 3 nitrogen and oxygen atoms in total. The van der Waals surface area contributed by atoms with Crippen LogP contribution in [-0.4, -0.2) is 16.5 Å². The molecule has 2 heterocycles. The minimum atomic E-state index is 0.469. The molecule has 1 aromatic carbocycles. The minimum Gasteiger partial charge on any atom is -0.344 e. The first-order chi connectivity index (χ1) is 8.81. The first-order valence-corrected chi connectivity index (χ1v) is 7.12. The van der Waals surface area contributed by atoms with Crippen molar-refractivity contribution in [3.63, 3.8) is 0 Å². The smallest absolute Gasteiger partial charge is 0.110 e. The van der Waals surface area contributed by atoms with Crippen LogP contribution in [0.1, 0.15) is 36.0 Å². The maximum atomic E-state index is 4.47. The van der Waals surface area contributed by atoms with Gasteiger partial charge in [0.2, 0.25) is 0 Å². The predicted octanol–water partition coefficient (Wildman–Crippen LogP) is 3.19. The fraction of sp³-hybridized carbons (Fsp3) is 0.357. The van der Waals surface area contributed by atoms with Crippen LogP contribution in [0, 0.1) is 0 Å². The van der Waals surface area contributed by atoms with Gasteiger partial charge in [0, 0.05) is 23.1 Å². The van der Waals surface area contributed by atoms with E-state index in [1.165, 1.54) is 24.1 Å². The molecule has 4 heteroatoms. The van der Waals surface area contributed by atoms with Gasteiger partial charge in [0.25, 0.3) is 0 Å². The van der Waals surface area contributed by atoms with Crippen molar-refractivity contribution in [1.82, 2.24) is 15.3 Å². The number of nitrogens with zero attached hydrogens (tertiary/aromatic N) is 1. The molecule has 0 aliphatic carbocycles. The summed E-state index contributed by atoms with van der Waals surface area (Å²) >= 11 is 3.45. The third kappa shape index (κ3) is 2.65. The number of imidazole rings is 1. The Bertz CT molecular complexity index is 512. The Morgan fingerprint density at radius 2 is 2.11 bits per heavy atom. The van der Waals surface area contributed by atoms with Gasteiger partial charge in [0.1, 0.15) is 5.82 Å². The second-order valence-corrected chi connectivity index (χ2v) is 5.65. The van der Waals surface area contributed by atoms with Crippen molar-refractivity contribution in [2.45, 2.75) is 25.3 Å². The summed E-state index contributed by atoms with van der Waals surface area (Å²) in [5.41, 5.74) is 2.50. The number of nitrogens with one attached hydrogen (secondary N) is 2. The highest BCUT2D eigenvalue weighted by Crippen LogP contribution is 2.21. The predicted molar refractivity (Wildman–Crippen MR) is 75.5 cm³/mol. The van der Waals surface area contributed by atoms with Crippen molar-refractivity contribution in [3.8, 4) is 0 Å². The zero-order valence-corrected chi connectivity index (χ0v) is 11.7. The summed E-state index contributed by atoms with van der Waals surface area (Å²) in [7, 11) is 0. The number of hydrogen-bond acceptors (Lipinski definition) is 2. The Kier molecular flexibility index (Phi) is 3.48. The molecule has 0 spiro atoms. The highest BCUT2D eigenvalue weighted by atomic mass is 79.9. The molecule has 0 saturated carbocycles. The molecule has 1 aromatic heterocycles.